The summed E-state index contributed by atoms with van der Waals surface area (Å²) in [6.45, 7) is 3.25. The molecule has 1 aromatic carbocycles. The number of aliphatic hydroxyl groups excluding tert-OH is 1. The maximum absolute atomic E-state index is 11.7. The van der Waals surface area contributed by atoms with Crippen LogP contribution in [0.5, 0.6) is 5.75 Å². The average Bonchev–Trinajstić information content (AvgIpc) is 2.97. The summed E-state index contributed by atoms with van der Waals surface area (Å²) in [5.74, 6) is 0.685. The molecular formula is C15H22N2O3. The third-order valence-corrected chi connectivity index (χ3v) is 3.32. The molecule has 2 rings (SSSR count). The van der Waals surface area contributed by atoms with Crippen LogP contribution in [0.2, 0.25) is 0 Å². The lowest BCUT2D eigenvalue weighted by molar-refractivity contribution is -0.123. The molecule has 5 nitrogen and oxygen atoms in total. The van der Waals surface area contributed by atoms with Crippen LogP contribution in [0.15, 0.2) is 24.3 Å². The van der Waals surface area contributed by atoms with Gasteiger partial charge in [-0.2, -0.15) is 0 Å². The minimum absolute atomic E-state index is 0.0443. The Bertz CT molecular complexity index is 444. The van der Waals surface area contributed by atoms with Gasteiger partial charge < -0.3 is 20.5 Å². The standard InChI is InChI=1S/C15H22N2O3/c1-11-4-2-5-13(8-11)20-10-12(18)9-17-15(19)14-6-3-7-16-14/h2,4-5,8,12,14,16,18H,3,6-7,9-10H2,1H3,(H,17,19). The van der Waals surface area contributed by atoms with Crippen LogP contribution >= 0.6 is 0 Å². The van der Waals surface area contributed by atoms with Crippen molar-refractivity contribution in [1.82, 2.24) is 10.6 Å². The average molecular weight is 278 g/mol. The van der Waals surface area contributed by atoms with E-state index in [1.165, 1.54) is 0 Å². The highest BCUT2D eigenvalue weighted by Gasteiger charge is 2.22. The van der Waals surface area contributed by atoms with Gasteiger partial charge in [0.05, 0.1) is 6.04 Å². The molecule has 0 aliphatic carbocycles. The highest BCUT2D eigenvalue weighted by atomic mass is 16.5. The molecule has 1 heterocycles. The Kier molecular flexibility index (Phi) is 5.38. The largest absolute Gasteiger partial charge is 0.491 e. The lowest BCUT2D eigenvalue weighted by Crippen LogP contribution is -2.44. The molecule has 0 aromatic heterocycles. The van der Waals surface area contributed by atoms with Crippen molar-refractivity contribution in [2.24, 2.45) is 0 Å². The molecule has 1 amide bonds. The third kappa shape index (κ3) is 4.51. The normalized spacial score (nSPS) is 19.6. The Morgan fingerprint density at radius 1 is 1.60 bits per heavy atom. The number of aliphatic hydroxyl groups is 1. The van der Waals surface area contributed by atoms with Crippen molar-refractivity contribution in [1.29, 1.82) is 0 Å². The Balaban J connectivity index is 1.67. The van der Waals surface area contributed by atoms with Crippen LogP contribution in [-0.2, 0) is 4.79 Å². The van der Waals surface area contributed by atoms with E-state index >= 15 is 0 Å². The maximum atomic E-state index is 11.7. The zero-order chi connectivity index (χ0) is 14.4. The van der Waals surface area contributed by atoms with Crippen molar-refractivity contribution in [3.05, 3.63) is 29.8 Å². The molecule has 2 unspecified atom stereocenters. The zero-order valence-corrected chi connectivity index (χ0v) is 11.8. The zero-order valence-electron chi connectivity index (χ0n) is 11.8. The molecule has 5 heteroatoms. The van der Waals surface area contributed by atoms with Crippen LogP contribution in [0.1, 0.15) is 18.4 Å². The van der Waals surface area contributed by atoms with Crippen LogP contribution in [0.4, 0.5) is 0 Å². The summed E-state index contributed by atoms with van der Waals surface area (Å²) < 4.78 is 5.49. The summed E-state index contributed by atoms with van der Waals surface area (Å²) in [5.41, 5.74) is 1.11. The summed E-state index contributed by atoms with van der Waals surface area (Å²) in [6.07, 6.45) is 1.18. The van der Waals surface area contributed by atoms with E-state index < -0.39 is 6.10 Å². The monoisotopic (exact) mass is 278 g/mol. The Morgan fingerprint density at radius 2 is 2.45 bits per heavy atom. The van der Waals surface area contributed by atoms with E-state index in [9.17, 15) is 9.90 Å². The predicted octanol–water partition coefficient (Wildman–Crippen LogP) is 0.603. The molecule has 2 atom stereocenters. The second-order valence-corrected chi connectivity index (χ2v) is 5.18. The van der Waals surface area contributed by atoms with Gasteiger partial charge in [0, 0.05) is 6.54 Å². The summed E-state index contributed by atoms with van der Waals surface area (Å²) in [7, 11) is 0. The number of hydrogen-bond donors (Lipinski definition) is 3. The lowest BCUT2D eigenvalue weighted by Gasteiger charge is -2.15. The van der Waals surface area contributed by atoms with Gasteiger partial charge in [-0.15, -0.1) is 0 Å². The predicted molar refractivity (Wildman–Crippen MR) is 76.7 cm³/mol. The van der Waals surface area contributed by atoms with E-state index in [0.717, 1.165) is 30.7 Å². The van der Waals surface area contributed by atoms with E-state index in [1.807, 2.05) is 31.2 Å². The smallest absolute Gasteiger partial charge is 0.237 e. The fourth-order valence-corrected chi connectivity index (χ4v) is 2.21. The van der Waals surface area contributed by atoms with Crippen LogP contribution in [0.3, 0.4) is 0 Å². The summed E-state index contributed by atoms with van der Waals surface area (Å²) >= 11 is 0. The van der Waals surface area contributed by atoms with Crippen LogP contribution < -0.4 is 15.4 Å². The van der Waals surface area contributed by atoms with E-state index in [4.69, 9.17) is 4.74 Å². The van der Waals surface area contributed by atoms with Crippen molar-refractivity contribution < 1.29 is 14.6 Å². The van der Waals surface area contributed by atoms with Crippen molar-refractivity contribution in [2.45, 2.75) is 31.9 Å². The number of amides is 1. The quantitative estimate of drug-likeness (QED) is 0.713. The Hall–Kier alpha value is -1.59. The molecular weight excluding hydrogens is 256 g/mol. The van der Waals surface area contributed by atoms with E-state index in [1.54, 1.807) is 0 Å². The molecule has 0 radical (unpaired) electrons. The maximum Gasteiger partial charge on any atom is 0.237 e. The van der Waals surface area contributed by atoms with Gasteiger partial charge in [-0.1, -0.05) is 12.1 Å². The van der Waals surface area contributed by atoms with Crippen molar-refractivity contribution in [3.63, 3.8) is 0 Å². The molecule has 1 fully saturated rings. The Morgan fingerprint density at radius 3 is 3.15 bits per heavy atom. The summed E-state index contributed by atoms with van der Waals surface area (Å²) in [6, 6.07) is 7.54. The molecule has 0 spiro atoms. The number of hydrogen-bond acceptors (Lipinski definition) is 4. The number of aryl methyl sites for hydroxylation is 1. The van der Waals surface area contributed by atoms with Crippen LogP contribution in [0.25, 0.3) is 0 Å². The van der Waals surface area contributed by atoms with E-state index in [0.29, 0.717) is 0 Å². The SMILES string of the molecule is Cc1cccc(OCC(O)CNC(=O)C2CCCN2)c1. The molecule has 0 bridgehead atoms. The first-order valence-electron chi connectivity index (χ1n) is 7.04. The minimum Gasteiger partial charge on any atom is -0.491 e. The van der Waals surface area contributed by atoms with Crippen molar-refractivity contribution in [2.75, 3.05) is 19.7 Å². The molecule has 0 saturated carbocycles. The lowest BCUT2D eigenvalue weighted by atomic mass is 10.2. The summed E-state index contributed by atoms with van der Waals surface area (Å²) in [4.78, 5) is 11.7. The van der Waals surface area contributed by atoms with Gasteiger partial charge in [0.2, 0.25) is 5.91 Å². The number of rotatable bonds is 6. The number of benzene rings is 1. The molecule has 110 valence electrons. The number of carbonyl (C=O) groups is 1. The second kappa shape index (κ2) is 7.26. The van der Waals surface area contributed by atoms with Gasteiger partial charge in [0.1, 0.15) is 18.5 Å². The van der Waals surface area contributed by atoms with Crippen LogP contribution in [-0.4, -0.2) is 42.9 Å². The van der Waals surface area contributed by atoms with Gasteiger partial charge in [0.15, 0.2) is 0 Å². The first kappa shape index (κ1) is 14.8. The van der Waals surface area contributed by atoms with E-state index in [2.05, 4.69) is 10.6 Å². The highest BCUT2D eigenvalue weighted by Crippen LogP contribution is 2.12. The minimum atomic E-state index is -0.708. The molecule has 1 aliphatic rings. The summed E-state index contributed by atoms with van der Waals surface area (Å²) in [5, 5.41) is 15.7. The van der Waals surface area contributed by atoms with Gasteiger partial charge in [-0.25, -0.2) is 0 Å². The fraction of sp³-hybridized carbons (Fsp3) is 0.533. The molecule has 1 saturated heterocycles. The van der Waals surface area contributed by atoms with Crippen molar-refractivity contribution in [3.8, 4) is 5.75 Å². The molecule has 1 aliphatic heterocycles. The number of ether oxygens (including phenoxy) is 1. The molecule has 1 aromatic rings. The van der Waals surface area contributed by atoms with Crippen LogP contribution in [0, 0.1) is 6.92 Å². The highest BCUT2D eigenvalue weighted by molar-refractivity contribution is 5.81. The number of carbonyl (C=O) groups excluding carboxylic acids is 1. The Labute approximate surface area is 119 Å². The van der Waals surface area contributed by atoms with Gasteiger partial charge in [-0.05, 0) is 44.0 Å². The van der Waals surface area contributed by atoms with E-state index in [-0.39, 0.29) is 25.1 Å². The topological polar surface area (TPSA) is 70.6 Å². The fourth-order valence-electron chi connectivity index (χ4n) is 2.21. The number of nitrogens with one attached hydrogen (secondary N) is 2. The third-order valence-electron chi connectivity index (χ3n) is 3.32. The first-order chi connectivity index (χ1) is 9.65. The second-order valence-electron chi connectivity index (χ2n) is 5.18. The van der Waals surface area contributed by atoms with Gasteiger partial charge in [0.25, 0.3) is 0 Å². The molecule has 20 heavy (non-hydrogen) atoms. The first-order valence-corrected chi connectivity index (χ1v) is 7.04. The molecule has 3 N–H and O–H groups in total. The van der Waals surface area contributed by atoms with Crippen molar-refractivity contribution >= 4 is 5.91 Å². The van der Waals surface area contributed by atoms with Gasteiger partial charge >= 0.3 is 0 Å². The van der Waals surface area contributed by atoms with Gasteiger partial charge in [-0.3, -0.25) is 4.79 Å².